The molecule has 0 saturated heterocycles. The van der Waals surface area contributed by atoms with Crippen LogP contribution < -0.4 is 16.0 Å². The fourth-order valence-corrected chi connectivity index (χ4v) is 2.12. The minimum Gasteiger partial charge on any atom is -0.381 e. The van der Waals surface area contributed by atoms with E-state index < -0.39 is 0 Å². The van der Waals surface area contributed by atoms with Gasteiger partial charge in [0, 0.05) is 38.9 Å². The first-order valence-corrected chi connectivity index (χ1v) is 8.97. The van der Waals surface area contributed by atoms with Gasteiger partial charge in [0.05, 0.1) is 6.54 Å². The van der Waals surface area contributed by atoms with Crippen molar-refractivity contribution in [2.45, 2.75) is 33.7 Å². The second kappa shape index (κ2) is 14.8. The summed E-state index contributed by atoms with van der Waals surface area (Å²) in [7, 11) is 1.63. The van der Waals surface area contributed by atoms with E-state index in [4.69, 9.17) is 4.74 Å². The van der Waals surface area contributed by atoms with Crippen molar-refractivity contribution >= 4 is 35.8 Å². The van der Waals surface area contributed by atoms with E-state index in [0.29, 0.717) is 18.0 Å². The molecular weight excluding hydrogens is 443 g/mol. The van der Waals surface area contributed by atoms with Gasteiger partial charge in [0.25, 0.3) is 5.91 Å². The molecule has 0 aliphatic carbocycles. The number of guanidine groups is 1. The van der Waals surface area contributed by atoms with Crippen molar-refractivity contribution in [3.05, 3.63) is 35.4 Å². The molecule has 1 amide bonds. The average molecular weight is 476 g/mol. The normalized spacial score (nSPS) is 11.0. The van der Waals surface area contributed by atoms with Crippen LogP contribution in [0.25, 0.3) is 0 Å². The molecule has 7 heteroatoms. The lowest BCUT2D eigenvalue weighted by Crippen LogP contribution is -2.38. The van der Waals surface area contributed by atoms with Crippen LogP contribution in [-0.2, 0) is 11.3 Å². The Morgan fingerprint density at radius 1 is 1.19 bits per heavy atom. The summed E-state index contributed by atoms with van der Waals surface area (Å²) in [5.41, 5.74) is 1.71. The fraction of sp³-hybridized carbons (Fsp3) is 0.579. The Bertz CT molecular complexity index is 533. The summed E-state index contributed by atoms with van der Waals surface area (Å²) < 4.78 is 5.57. The zero-order valence-corrected chi connectivity index (χ0v) is 18.6. The Morgan fingerprint density at radius 2 is 1.88 bits per heavy atom. The molecule has 0 spiro atoms. The van der Waals surface area contributed by atoms with Gasteiger partial charge in [-0.2, -0.15) is 0 Å². The van der Waals surface area contributed by atoms with E-state index >= 15 is 0 Å². The van der Waals surface area contributed by atoms with Gasteiger partial charge in [-0.1, -0.05) is 26.0 Å². The summed E-state index contributed by atoms with van der Waals surface area (Å²) in [6.07, 6.45) is 0.942. The summed E-state index contributed by atoms with van der Waals surface area (Å²) in [5.74, 6) is 1.29. The summed E-state index contributed by atoms with van der Waals surface area (Å²) in [6.45, 7) is 10.1. The smallest absolute Gasteiger partial charge is 0.251 e. The highest BCUT2D eigenvalue weighted by Gasteiger charge is 2.02. The van der Waals surface area contributed by atoms with Crippen molar-refractivity contribution in [1.82, 2.24) is 16.0 Å². The highest BCUT2D eigenvalue weighted by molar-refractivity contribution is 14.0. The molecule has 0 unspecified atom stereocenters. The molecule has 0 atom stereocenters. The van der Waals surface area contributed by atoms with Gasteiger partial charge in [0.1, 0.15) is 0 Å². The van der Waals surface area contributed by atoms with E-state index in [9.17, 15) is 4.79 Å². The average Bonchev–Trinajstić information content (AvgIpc) is 2.62. The molecule has 0 fully saturated rings. The van der Waals surface area contributed by atoms with E-state index in [1.165, 1.54) is 0 Å². The maximum Gasteiger partial charge on any atom is 0.251 e. The molecular formula is C19H33IN4O2. The van der Waals surface area contributed by atoms with Gasteiger partial charge in [-0.05, 0) is 37.0 Å². The Labute approximate surface area is 174 Å². The number of carbonyl (C=O) groups excluding carboxylic acids is 1. The van der Waals surface area contributed by atoms with Crippen LogP contribution in [0.2, 0.25) is 0 Å². The number of halogens is 1. The molecule has 26 heavy (non-hydrogen) atoms. The number of nitrogens with zero attached hydrogens (tertiary/aromatic N) is 1. The minimum atomic E-state index is -0.0789. The third-order valence-electron chi connectivity index (χ3n) is 3.42. The molecule has 0 radical (unpaired) electrons. The summed E-state index contributed by atoms with van der Waals surface area (Å²) in [4.78, 5) is 16.1. The van der Waals surface area contributed by atoms with Gasteiger partial charge < -0.3 is 20.7 Å². The van der Waals surface area contributed by atoms with Crippen LogP contribution in [-0.4, -0.2) is 45.2 Å². The van der Waals surface area contributed by atoms with Gasteiger partial charge in [-0.3, -0.25) is 4.79 Å². The van der Waals surface area contributed by atoms with Crippen LogP contribution in [0, 0.1) is 5.92 Å². The maximum atomic E-state index is 11.5. The zero-order chi connectivity index (χ0) is 18.5. The van der Waals surface area contributed by atoms with Crippen molar-refractivity contribution in [3.8, 4) is 0 Å². The number of amides is 1. The van der Waals surface area contributed by atoms with E-state index in [1.807, 2.05) is 31.2 Å². The molecule has 1 rings (SSSR count). The molecule has 0 heterocycles. The SMILES string of the molecule is CCNC(=NCc1ccc(C(=O)NC)cc1)NCCCOCC(C)C.I. The molecule has 0 aliphatic heterocycles. The van der Waals surface area contributed by atoms with Gasteiger partial charge in [-0.15, -0.1) is 24.0 Å². The molecule has 0 saturated carbocycles. The van der Waals surface area contributed by atoms with Crippen LogP contribution in [0.4, 0.5) is 0 Å². The van der Waals surface area contributed by atoms with Crippen LogP contribution >= 0.6 is 24.0 Å². The lowest BCUT2D eigenvalue weighted by Gasteiger charge is -2.12. The monoisotopic (exact) mass is 476 g/mol. The van der Waals surface area contributed by atoms with E-state index in [2.05, 4.69) is 34.8 Å². The standard InChI is InChI=1S/C19H32N4O2.HI/c1-5-21-19(22-11-6-12-25-14-15(2)3)23-13-16-7-9-17(10-8-16)18(24)20-4;/h7-10,15H,5-6,11-14H2,1-4H3,(H,20,24)(H2,21,22,23);1H. The Balaban J connectivity index is 0.00000625. The predicted molar refractivity (Wildman–Crippen MR) is 118 cm³/mol. The van der Waals surface area contributed by atoms with E-state index in [1.54, 1.807) is 7.05 Å². The first kappa shape index (κ1) is 24.7. The van der Waals surface area contributed by atoms with Gasteiger partial charge in [0.2, 0.25) is 0 Å². The van der Waals surface area contributed by atoms with Crippen molar-refractivity contribution in [2.75, 3.05) is 33.4 Å². The largest absolute Gasteiger partial charge is 0.381 e. The molecule has 0 bridgehead atoms. The van der Waals surface area contributed by atoms with E-state index in [0.717, 1.165) is 44.2 Å². The Kier molecular flexibility index (Phi) is 14.0. The molecule has 0 aliphatic rings. The van der Waals surface area contributed by atoms with Gasteiger partial charge >= 0.3 is 0 Å². The Morgan fingerprint density at radius 3 is 2.46 bits per heavy atom. The Hall–Kier alpha value is -1.35. The van der Waals surface area contributed by atoms with Crippen molar-refractivity contribution in [2.24, 2.45) is 10.9 Å². The first-order valence-electron chi connectivity index (χ1n) is 8.97. The number of nitrogens with one attached hydrogen (secondary N) is 3. The number of hydrogen-bond donors (Lipinski definition) is 3. The molecule has 0 aromatic heterocycles. The molecule has 6 nitrogen and oxygen atoms in total. The van der Waals surface area contributed by atoms with Crippen LogP contribution in [0.1, 0.15) is 43.1 Å². The second-order valence-electron chi connectivity index (χ2n) is 6.22. The van der Waals surface area contributed by atoms with Crippen molar-refractivity contribution in [3.63, 3.8) is 0 Å². The molecule has 3 N–H and O–H groups in total. The molecule has 148 valence electrons. The zero-order valence-electron chi connectivity index (χ0n) is 16.3. The topological polar surface area (TPSA) is 74.8 Å². The third-order valence-corrected chi connectivity index (χ3v) is 3.42. The lowest BCUT2D eigenvalue weighted by molar-refractivity contribution is 0.0963. The molecule has 1 aromatic rings. The quantitative estimate of drug-likeness (QED) is 0.210. The number of ether oxygens (including phenoxy) is 1. The lowest BCUT2D eigenvalue weighted by atomic mass is 10.1. The molecule has 1 aromatic carbocycles. The minimum absolute atomic E-state index is 0. The number of benzene rings is 1. The third kappa shape index (κ3) is 10.6. The summed E-state index contributed by atoms with van der Waals surface area (Å²) in [6, 6.07) is 7.49. The van der Waals surface area contributed by atoms with Gasteiger partial charge in [-0.25, -0.2) is 4.99 Å². The highest BCUT2D eigenvalue weighted by Crippen LogP contribution is 2.05. The van der Waals surface area contributed by atoms with Crippen LogP contribution in [0.3, 0.4) is 0 Å². The maximum absolute atomic E-state index is 11.5. The van der Waals surface area contributed by atoms with Gasteiger partial charge in [0.15, 0.2) is 5.96 Å². The summed E-state index contributed by atoms with van der Waals surface area (Å²) >= 11 is 0. The van der Waals surface area contributed by atoms with Crippen LogP contribution in [0.5, 0.6) is 0 Å². The fourth-order valence-electron chi connectivity index (χ4n) is 2.12. The number of aliphatic imine (C=N–C) groups is 1. The second-order valence-corrected chi connectivity index (χ2v) is 6.22. The first-order chi connectivity index (χ1) is 12.1. The van der Waals surface area contributed by atoms with E-state index in [-0.39, 0.29) is 29.9 Å². The predicted octanol–water partition coefficient (Wildman–Crippen LogP) is 2.78. The van der Waals surface area contributed by atoms with Crippen molar-refractivity contribution in [1.29, 1.82) is 0 Å². The van der Waals surface area contributed by atoms with Crippen molar-refractivity contribution < 1.29 is 9.53 Å². The number of rotatable bonds is 10. The highest BCUT2D eigenvalue weighted by atomic mass is 127. The van der Waals surface area contributed by atoms with Crippen LogP contribution in [0.15, 0.2) is 29.3 Å². The summed E-state index contributed by atoms with van der Waals surface area (Å²) in [5, 5.41) is 9.16. The number of hydrogen-bond acceptors (Lipinski definition) is 3. The number of carbonyl (C=O) groups is 1.